The molecule has 1 aromatic carbocycles. The van der Waals surface area contributed by atoms with Gasteiger partial charge in [0.05, 0.1) is 5.56 Å². The average molecular weight is 344 g/mol. The number of pyridine rings is 1. The zero-order valence-electron chi connectivity index (χ0n) is 10.9. The van der Waals surface area contributed by atoms with Crippen LogP contribution in [-0.4, -0.2) is 11.2 Å². The Labute approximate surface area is 134 Å². The van der Waals surface area contributed by atoms with E-state index in [1.54, 1.807) is 0 Å². The van der Waals surface area contributed by atoms with E-state index >= 15 is 0 Å². The monoisotopic (exact) mass is 343 g/mol. The number of hydrogen-bond acceptors (Lipinski definition) is 4. The van der Waals surface area contributed by atoms with Crippen LogP contribution in [-0.2, 0) is 0 Å². The molecule has 0 radical (unpaired) electrons. The van der Waals surface area contributed by atoms with Gasteiger partial charge in [0.25, 0.3) is 0 Å². The number of nitrogens with one attached hydrogen (secondary N) is 1. The number of nitrogens with zero attached hydrogens (tertiary/aromatic N) is 2. The van der Waals surface area contributed by atoms with Crippen molar-refractivity contribution in [3.8, 4) is 6.07 Å². The second-order valence-electron chi connectivity index (χ2n) is 4.27. The van der Waals surface area contributed by atoms with Gasteiger partial charge in [-0.15, -0.1) is 0 Å². The van der Waals surface area contributed by atoms with Crippen molar-refractivity contribution in [2.75, 3.05) is 0 Å². The number of aromatic nitrogens is 1. The van der Waals surface area contributed by atoms with Crippen LogP contribution in [0.25, 0.3) is 0 Å². The summed E-state index contributed by atoms with van der Waals surface area (Å²) in [7, 11) is 0. The fraction of sp³-hybridized carbons (Fsp3) is 0.143. The van der Waals surface area contributed by atoms with E-state index in [-0.39, 0.29) is 11.1 Å². The van der Waals surface area contributed by atoms with Gasteiger partial charge in [-0.3, -0.25) is 4.98 Å². The van der Waals surface area contributed by atoms with Gasteiger partial charge in [0, 0.05) is 22.3 Å². The summed E-state index contributed by atoms with van der Waals surface area (Å²) in [4.78, 5) is 4.22. The third-order valence-corrected chi connectivity index (χ3v) is 3.73. The molecular formula is C14H9ClF3N3S. The first-order chi connectivity index (χ1) is 10.4. The van der Waals surface area contributed by atoms with Gasteiger partial charge in [-0.2, -0.15) is 18.4 Å². The van der Waals surface area contributed by atoms with Gasteiger partial charge >= 0.3 is 6.18 Å². The summed E-state index contributed by atoms with van der Waals surface area (Å²) < 4.78 is 41.9. The van der Waals surface area contributed by atoms with Gasteiger partial charge in [-0.1, -0.05) is 23.7 Å². The molecule has 0 aliphatic carbocycles. The third kappa shape index (κ3) is 4.37. The lowest BCUT2D eigenvalue weighted by Gasteiger charge is -2.21. The maximum absolute atomic E-state index is 13.2. The molecule has 1 unspecified atom stereocenters. The minimum atomic E-state index is -4.47. The fourth-order valence-electron chi connectivity index (χ4n) is 1.64. The molecule has 3 nitrogen and oxygen atoms in total. The Kier molecular flexibility index (Phi) is 5.29. The topological polar surface area (TPSA) is 48.7 Å². The Balaban J connectivity index is 2.17. The lowest BCUT2D eigenvalue weighted by Crippen LogP contribution is -2.30. The third-order valence-electron chi connectivity index (χ3n) is 2.67. The van der Waals surface area contributed by atoms with Crippen molar-refractivity contribution in [2.45, 2.75) is 17.1 Å². The van der Waals surface area contributed by atoms with Crippen molar-refractivity contribution in [3.05, 3.63) is 58.9 Å². The Bertz CT molecular complexity index is 683. The van der Waals surface area contributed by atoms with Gasteiger partial charge in [0.1, 0.15) is 12.1 Å². The smallest absolute Gasteiger partial charge is 0.262 e. The van der Waals surface area contributed by atoms with Crippen molar-refractivity contribution in [3.63, 3.8) is 0 Å². The summed E-state index contributed by atoms with van der Waals surface area (Å²) >= 11 is 6.46. The summed E-state index contributed by atoms with van der Waals surface area (Å²) in [5.74, 6) is 0. The van der Waals surface area contributed by atoms with Crippen LogP contribution in [0.1, 0.15) is 17.2 Å². The standard InChI is InChI=1S/C14H9ClF3N3S/c15-11-3-1-10(2-4-11)13(14(16,17)18)21-22-12-5-9(6-19)7-20-8-12/h1-5,7-8,13,21H. The summed E-state index contributed by atoms with van der Waals surface area (Å²) in [5, 5.41) is 9.12. The van der Waals surface area contributed by atoms with Crippen molar-refractivity contribution in [1.29, 1.82) is 5.26 Å². The van der Waals surface area contributed by atoms with Crippen LogP contribution in [0.3, 0.4) is 0 Å². The van der Waals surface area contributed by atoms with Gasteiger partial charge in [0.2, 0.25) is 0 Å². The average Bonchev–Trinajstić information content (AvgIpc) is 2.48. The number of alkyl halides is 3. The fourth-order valence-corrected chi connectivity index (χ4v) is 2.59. The maximum atomic E-state index is 13.2. The normalized spacial score (nSPS) is 12.7. The van der Waals surface area contributed by atoms with E-state index in [1.807, 2.05) is 6.07 Å². The molecule has 8 heteroatoms. The molecular weight excluding hydrogens is 335 g/mol. The first-order valence-electron chi connectivity index (χ1n) is 6.00. The van der Waals surface area contributed by atoms with E-state index in [0.29, 0.717) is 9.92 Å². The zero-order chi connectivity index (χ0) is 16.2. The number of rotatable bonds is 4. The van der Waals surface area contributed by atoms with E-state index in [0.717, 1.165) is 11.9 Å². The highest BCUT2D eigenvalue weighted by molar-refractivity contribution is 7.97. The van der Waals surface area contributed by atoms with Gasteiger partial charge in [-0.25, -0.2) is 4.72 Å². The summed E-state index contributed by atoms with van der Waals surface area (Å²) in [6.45, 7) is 0. The molecule has 22 heavy (non-hydrogen) atoms. The second-order valence-corrected chi connectivity index (χ2v) is 5.61. The van der Waals surface area contributed by atoms with Crippen LogP contribution in [0.15, 0.2) is 47.6 Å². The molecule has 0 saturated carbocycles. The van der Waals surface area contributed by atoms with Crippen LogP contribution < -0.4 is 4.72 Å². The molecule has 1 atom stereocenters. The molecule has 1 N–H and O–H groups in total. The van der Waals surface area contributed by atoms with Crippen molar-refractivity contribution in [2.24, 2.45) is 0 Å². The molecule has 0 fully saturated rings. The van der Waals surface area contributed by atoms with E-state index in [2.05, 4.69) is 9.71 Å². The highest BCUT2D eigenvalue weighted by Crippen LogP contribution is 2.35. The predicted molar refractivity (Wildman–Crippen MR) is 78.2 cm³/mol. The van der Waals surface area contributed by atoms with Crippen LogP contribution in [0.4, 0.5) is 13.2 Å². The maximum Gasteiger partial charge on any atom is 0.408 e. The molecule has 2 rings (SSSR count). The van der Waals surface area contributed by atoms with E-state index in [1.165, 1.54) is 42.7 Å². The predicted octanol–water partition coefficient (Wildman–Crippen LogP) is 4.51. The Hall–Kier alpha value is -1.75. The zero-order valence-corrected chi connectivity index (χ0v) is 12.5. The second kappa shape index (κ2) is 7.01. The molecule has 0 aliphatic heterocycles. The summed E-state index contributed by atoms with van der Waals surface area (Å²) in [5.41, 5.74) is 0.329. The SMILES string of the molecule is N#Cc1cncc(SNC(c2ccc(Cl)cc2)C(F)(F)F)c1. The molecule has 0 aliphatic rings. The summed E-state index contributed by atoms with van der Waals surface area (Å²) in [6.07, 6.45) is -1.75. The van der Waals surface area contributed by atoms with Gasteiger partial charge in [-0.05, 0) is 35.7 Å². The minimum absolute atomic E-state index is 0.0498. The number of benzene rings is 1. The highest BCUT2D eigenvalue weighted by Gasteiger charge is 2.40. The van der Waals surface area contributed by atoms with Crippen molar-refractivity contribution < 1.29 is 13.2 Å². The molecule has 2 aromatic rings. The van der Waals surface area contributed by atoms with Crippen molar-refractivity contribution in [1.82, 2.24) is 9.71 Å². The van der Waals surface area contributed by atoms with Gasteiger partial charge in [0.15, 0.2) is 0 Å². The molecule has 1 aromatic heterocycles. The quantitative estimate of drug-likeness (QED) is 0.830. The number of hydrogen-bond donors (Lipinski definition) is 1. The lowest BCUT2D eigenvalue weighted by molar-refractivity contribution is -0.152. The lowest BCUT2D eigenvalue weighted by atomic mass is 10.1. The molecule has 0 spiro atoms. The molecule has 114 valence electrons. The first-order valence-corrected chi connectivity index (χ1v) is 7.19. The summed E-state index contributed by atoms with van der Waals surface area (Å²) in [6, 6.07) is 6.92. The Morgan fingerprint density at radius 1 is 1.23 bits per heavy atom. The van der Waals surface area contributed by atoms with E-state index < -0.39 is 12.2 Å². The highest BCUT2D eigenvalue weighted by atomic mass is 35.5. The molecule has 0 saturated heterocycles. The van der Waals surface area contributed by atoms with E-state index in [4.69, 9.17) is 16.9 Å². The molecule has 0 amide bonds. The number of nitriles is 1. The van der Waals surface area contributed by atoms with Crippen LogP contribution >= 0.6 is 23.5 Å². The first kappa shape index (κ1) is 16.6. The largest absolute Gasteiger partial charge is 0.408 e. The van der Waals surface area contributed by atoms with Crippen molar-refractivity contribution >= 4 is 23.5 Å². The van der Waals surface area contributed by atoms with Crippen LogP contribution in [0.2, 0.25) is 5.02 Å². The van der Waals surface area contributed by atoms with Crippen LogP contribution in [0, 0.1) is 11.3 Å². The van der Waals surface area contributed by atoms with E-state index in [9.17, 15) is 13.2 Å². The molecule has 1 heterocycles. The number of halogens is 4. The Morgan fingerprint density at radius 3 is 2.50 bits per heavy atom. The Morgan fingerprint density at radius 2 is 1.91 bits per heavy atom. The molecule has 0 bridgehead atoms. The van der Waals surface area contributed by atoms with Gasteiger partial charge < -0.3 is 0 Å². The minimum Gasteiger partial charge on any atom is -0.262 e. The van der Waals surface area contributed by atoms with Crippen LogP contribution in [0.5, 0.6) is 0 Å².